The number of aromatic nitrogens is 1. The average molecular weight is 365 g/mol. The molecule has 0 fully saturated rings. The van der Waals surface area contributed by atoms with Gasteiger partial charge in [0.15, 0.2) is 0 Å². The van der Waals surface area contributed by atoms with E-state index in [4.69, 9.17) is 16.3 Å². The van der Waals surface area contributed by atoms with Gasteiger partial charge >= 0.3 is 0 Å². The molecule has 2 rings (SSSR count). The molecule has 0 bridgehead atoms. The molecule has 1 aromatic heterocycles. The van der Waals surface area contributed by atoms with E-state index >= 15 is 0 Å². The van der Waals surface area contributed by atoms with Gasteiger partial charge in [-0.3, -0.25) is 4.79 Å². The number of hydrogen-bond acceptors (Lipinski definition) is 4. The maximum Gasteiger partial charge on any atom is 0.228 e. The minimum Gasteiger partial charge on any atom is -0.486 e. The molecule has 0 unspecified atom stereocenters. The Morgan fingerprint density at radius 3 is 2.71 bits per heavy atom. The molecule has 0 N–H and O–H groups in total. The van der Waals surface area contributed by atoms with Crippen molar-refractivity contribution in [1.82, 2.24) is 9.88 Å². The number of amides is 1. The summed E-state index contributed by atoms with van der Waals surface area (Å²) in [6.45, 7) is 9.39. The molecule has 1 heterocycles. The Labute approximate surface area is 151 Å². The molecule has 24 heavy (non-hydrogen) atoms. The summed E-state index contributed by atoms with van der Waals surface area (Å²) in [4.78, 5) is 18.6. The number of benzene rings is 1. The van der Waals surface area contributed by atoms with E-state index in [1.165, 1.54) is 11.3 Å². The Hall–Kier alpha value is -1.85. The van der Waals surface area contributed by atoms with E-state index in [0.29, 0.717) is 31.1 Å². The highest BCUT2D eigenvalue weighted by Gasteiger charge is 2.14. The molecule has 0 aliphatic heterocycles. The number of likely N-dealkylation sites (N-methyl/N-ethyl adjacent to an activating group) is 1. The zero-order valence-electron chi connectivity index (χ0n) is 13.9. The van der Waals surface area contributed by atoms with Crippen molar-refractivity contribution in [2.24, 2.45) is 0 Å². The summed E-state index contributed by atoms with van der Waals surface area (Å²) >= 11 is 7.34. The number of halogens is 1. The van der Waals surface area contributed by atoms with Crippen molar-refractivity contribution in [3.05, 3.63) is 57.5 Å². The van der Waals surface area contributed by atoms with Crippen LogP contribution in [0.3, 0.4) is 0 Å². The summed E-state index contributed by atoms with van der Waals surface area (Å²) in [7, 11) is 0. The molecular formula is C18H21ClN2O2S. The lowest BCUT2D eigenvalue weighted by Crippen LogP contribution is -2.33. The van der Waals surface area contributed by atoms with E-state index in [-0.39, 0.29) is 5.91 Å². The smallest absolute Gasteiger partial charge is 0.228 e. The molecular weight excluding hydrogens is 344 g/mol. The zero-order chi connectivity index (χ0) is 17.5. The number of carbonyl (C=O) groups excluding carboxylic acids is 1. The number of carbonyl (C=O) groups is 1. The second-order valence-corrected chi connectivity index (χ2v) is 6.90. The second kappa shape index (κ2) is 8.85. The van der Waals surface area contributed by atoms with Crippen molar-refractivity contribution in [3.63, 3.8) is 0 Å². The summed E-state index contributed by atoms with van der Waals surface area (Å²) < 4.78 is 5.67. The van der Waals surface area contributed by atoms with Gasteiger partial charge in [0, 0.05) is 23.5 Å². The first-order valence-electron chi connectivity index (χ1n) is 7.71. The summed E-state index contributed by atoms with van der Waals surface area (Å²) in [6, 6.07) is 7.20. The molecule has 6 heteroatoms. The van der Waals surface area contributed by atoms with Crippen LogP contribution < -0.4 is 4.74 Å². The molecule has 0 saturated carbocycles. The molecule has 2 aromatic rings. The Kier molecular flexibility index (Phi) is 6.82. The first-order chi connectivity index (χ1) is 11.5. The van der Waals surface area contributed by atoms with E-state index in [0.717, 1.165) is 22.0 Å². The standard InChI is InChI=1S/C18H21ClN2O2S/c1-4-21(10-13(2)3)18(22)9-15-12-24-17(20-15)11-23-16-7-5-14(19)6-8-16/h5-8,12H,2,4,9-11H2,1,3H3. The van der Waals surface area contributed by atoms with Crippen LogP contribution >= 0.6 is 22.9 Å². The van der Waals surface area contributed by atoms with Gasteiger partial charge < -0.3 is 9.64 Å². The van der Waals surface area contributed by atoms with Gasteiger partial charge in [0.25, 0.3) is 0 Å². The highest BCUT2D eigenvalue weighted by Crippen LogP contribution is 2.18. The van der Waals surface area contributed by atoms with Crippen LogP contribution in [0.15, 0.2) is 41.8 Å². The first-order valence-corrected chi connectivity index (χ1v) is 8.97. The lowest BCUT2D eigenvalue weighted by Gasteiger charge is -2.20. The van der Waals surface area contributed by atoms with E-state index in [1.807, 2.05) is 31.4 Å². The fourth-order valence-corrected chi connectivity index (χ4v) is 2.97. The highest BCUT2D eigenvalue weighted by atomic mass is 35.5. The van der Waals surface area contributed by atoms with Gasteiger partial charge in [-0.1, -0.05) is 23.8 Å². The van der Waals surface area contributed by atoms with Gasteiger partial charge in [-0.2, -0.15) is 0 Å². The molecule has 4 nitrogen and oxygen atoms in total. The minimum atomic E-state index is 0.0657. The van der Waals surface area contributed by atoms with Crippen LogP contribution in [0.2, 0.25) is 5.02 Å². The van der Waals surface area contributed by atoms with Crippen molar-refractivity contribution >= 4 is 28.8 Å². The Balaban J connectivity index is 1.89. The lowest BCUT2D eigenvalue weighted by atomic mass is 10.2. The fraction of sp³-hybridized carbons (Fsp3) is 0.333. The van der Waals surface area contributed by atoms with Gasteiger partial charge in [-0.05, 0) is 38.1 Å². The van der Waals surface area contributed by atoms with Crippen LogP contribution in [0.1, 0.15) is 24.5 Å². The quantitative estimate of drug-likeness (QED) is 0.654. The fourth-order valence-electron chi connectivity index (χ4n) is 2.14. The number of nitrogens with zero attached hydrogens (tertiary/aromatic N) is 2. The monoisotopic (exact) mass is 364 g/mol. The van der Waals surface area contributed by atoms with E-state index < -0.39 is 0 Å². The van der Waals surface area contributed by atoms with Gasteiger partial charge in [-0.25, -0.2) is 4.98 Å². The summed E-state index contributed by atoms with van der Waals surface area (Å²) in [5.74, 6) is 0.807. The second-order valence-electron chi connectivity index (χ2n) is 5.52. The van der Waals surface area contributed by atoms with Crippen molar-refractivity contribution in [3.8, 4) is 5.75 Å². The lowest BCUT2D eigenvalue weighted by molar-refractivity contribution is -0.129. The third-order valence-electron chi connectivity index (χ3n) is 3.30. The van der Waals surface area contributed by atoms with E-state index in [2.05, 4.69) is 11.6 Å². The van der Waals surface area contributed by atoms with Crippen molar-refractivity contribution in [1.29, 1.82) is 0 Å². The molecule has 0 spiro atoms. The Bertz CT molecular complexity index is 697. The van der Waals surface area contributed by atoms with Crippen molar-refractivity contribution < 1.29 is 9.53 Å². The Morgan fingerprint density at radius 2 is 2.08 bits per heavy atom. The summed E-state index contributed by atoms with van der Waals surface area (Å²) in [6.07, 6.45) is 0.304. The highest BCUT2D eigenvalue weighted by molar-refractivity contribution is 7.09. The normalized spacial score (nSPS) is 10.5. The van der Waals surface area contributed by atoms with Crippen molar-refractivity contribution in [2.75, 3.05) is 13.1 Å². The zero-order valence-corrected chi connectivity index (χ0v) is 15.5. The molecule has 1 aromatic carbocycles. The van der Waals surface area contributed by atoms with Crippen LogP contribution in [0.5, 0.6) is 5.75 Å². The number of ether oxygens (including phenoxy) is 1. The van der Waals surface area contributed by atoms with Gasteiger partial charge in [0.2, 0.25) is 5.91 Å². The van der Waals surface area contributed by atoms with Gasteiger partial charge in [-0.15, -0.1) is 11.3 Å². The topological polar surface area (TPSA) is 42.4 Å². The van der Waals surface area contributed by atoms with Crippen LogP contribution in [0.25, 0.3) is 0 Å². The number of thiazole rings is 1. The molecule has 0 atom stereocenters. The molecule has 0 radical (unpaired) electrons. The van der Waals surface area contributed by atoms with Crippen LogP contribution in [-0.2, 0) is 17.8 Å². The van der Waals surface area contributed by atoms with Gasteiger partial charge in [0.05, 0.1) is 12.1 Å². The number of hydrogen-bond donors (Lipinski definition) is 0. The summed E-state index contributed by atoms with van der Waals surface area (Å²) in [5.41, 5.74) is 1.75. The van der Waals surface area contributed by atoms with Crippen LogP contribution in [-0.4, -0.2) is 28.9 Å². The largest absolute Gasteiger partial charge is 0.486 e. The third-order valence-corrected chi connectivity index (χ3v) is 4.43. The summed E-state index contributed by atoms with van der Waals surface area (Å²) in [5, 5.41) is 3.43. The van der Waals surface area contributed by atoms with E-state index in [1.54, 1.807) is 17.0 Å². The van der Waals surface area contributed by atoms with Crippen LogP contribution in [0.4, 0.5) is 0 Å². The molecule has 128 valence electrons. The van der Waals surface area contributed by atoms with Crippen molar-refractivity contribution in [2.45, 2.75) is 26.9 Å². The van der Waals surface area contributed by atoms with E-state index in [9.17, 15) is 4.79 Å². The maximum atomic E-state index is 12.3. The molecule has 0 aliphatic carbocycles. The molecule has 1 amide bonds. The maximum absolute atomic E-state index is 12.3. The van der Waals surface area contributed by atoms with Gasteiger partial charge in [0.1, 0.15) is 17.4 Å². The Morgan fingerprint density at radius 1 is 1.38 bits per heavy atom. The third kappa shape index (κ3) is 5.65. The predicted molar refractivity (Wildman–Crippen MR) is 98.7 cm³/mol. The molecule has 0 aliphatic rings. The SMILES string of the molecule is C=C(C)CN(CC)C(=O)Cc1csc(COc2ccc(Cl)cc2)n1. The minimum absolute atomic E-state index is 0.0657. The molecule has 0 saturated heterocycles. The predicted octanol–water partition coefficient (Wildman–Crippen LogP) is 4.34. The number of rotatable bonds is 8. The average Bonchev–Trinajstić information content (AvgIpc) is 2.99. The van der Waals surface area contributed by atoms with Crippen LogP contribution in [0, 0.1) is 0 Å². The first kappa shape index (κ1) is 18.5.